The fourth-order valence-corrected chi connectivity index (χ4v) is 2.11. The molecule has 0 amide bonds. The Balaban J connectivity index is 2.03. The van der Waals surface area contributed by atoms with Crippen molar-refractivity contribution in [3.05, 3.63) is 22.6 Å². The molecule has 78 valence electrons. The molecule has 3 nitrogen and oxygen atoms in total. The highest BCUT2D eigenvalue weighted by Gasteiger charge is 2.24. The van der Waals surface area contributed by atoms with Crippen LogP contribution in [0.15, 0.2) is 21.2 Å². The molecule has 0 radical (unpaired) electrons. The molecule has 2 heterocycles. The predicted molar refractivity (Wildman–Crippen MR) is 56.9 cm³/mol. The molecule has 2 unspecified atom stereocenters. The molecule has 1 aliphatic heterocycles. The fraction of sp³-hybridized carbons (Fsp3) is 0.600. The van der Waals surface area contributed by atoms with Gasteiger partial charge in [0.2, 0.25) is 0 Å². The Hall–Kier alpha value is -0.320. The number of hydrogen-bond donors (Lipinski definition) is 1. The number of hydrogen-bond acceptors (Lipinski definition) is 3. The molecule has 2 N–H and O–H groups in total. The first-order chi connectivity index (χ1) is 6.77. The standard InChI is InChI=1S/C10H14BrNO2/c11-9-4-3-8(14-9)10(12)7-2-1-5-13-6-7/h3-4,7,10H,1-2,5-6,12H2. The van der Waals surface area contributed by atoms with Gasteiger partial charge in [0.1, 0.15) is 5.76 Å². The summed E-state index contributed by atoms with van der Waals surface area (Å²) < 4.78 is 11.6. The Morgan fingerprint density at radius 2 is 2.36 bits per heavy atom. The summed E-state index contributed by atoms with van der Waals surface area (Å²) in [5, 5.41) is 0. The van der Waals surface area contributed by atoms with E-state index in [1.165, 1.54) is 0 Å². The van der Waals surface area contributed by atoms with Crippen LogP contribution in [0.1, 0.15) is 24.6 Å². The van der Waals surface area contributed by atoms with E-state index < -0.39 is 0 Å². The molecular formula is C10H14BrNO2. The summed E-state index contributed by atoms with van der Waals surface area (Å²) >= 11 is 3.27. The van der Waals surface area contributed by atoms with Gasteiger partial charge < -0.3 is 14.9 Å². The lowest BCUT2D eigenvalue weighted by Crippen LogP contribution is -2.28. The van der Waals surface area contributed by atoms with Crippen molar-refractivity contribution in [1.82, 2.24) is 0 Å². The lowest BCUT2D eigenvalue weighted by molar-refractivity contribution is 0.0418. The fourth-order valence-electron chi connectivity index (χ4n) is 1.79. The van der Waals surface area contributed by atoms with Crippen LogP contribution < -0.4 is 5.73 Å². The van der Waals surface area contributed by atoms with Crippen LogP contribution in [-0.4, -0.2) is 13.2 Å². The van der Waals surface area contributed by atoms with Crippen molar-refractivity contribution in [2.24, 2.45) is 11.7 Å². The molecule has 0 aliphatic carbocycles. The van der Waals surface area contributed by atoms with Crippen molar-refractivity contribution in [3.63, 3.8) is 0 Å². The number of ether oxygens (including phenoxy) is 1. The molecule has 2 atom stereocenters. The molecule has 0 spiro atoms. The minimum Gasteiger partial charge on any atom is -0.453 e. The van der Waals surface area contributed by atoms with Crippen LogP contribution in [-0.2, 0) is 4.74 Å². The molecule has 0 bridgehead atoms. The van der Waals surface area contributed by atoms with Gasteiger partial charge >= 0.3 is 0 Å². The van der Waals surface area contributed by atoms with E-state index in [0.717, 1.165) is 36.5 Å². The van der Waals surface area contributed by atoms with Crippen molar-refractivity contribution < 1.29 is 9.15 Å². The molecule has 1 aliphatic rings. The van der Waals surface area contributed by atoms with Crippen molar-refractivity contribution in [2.75, 3.05) is 13.2 Å². The van der Waals surface area contributed by atoms with Crippen molar-refractivity contribution in [1.29, 1.82) is 0 Å². The molecule has 1 aromatic heterocycles. The molecule has 0 aromatic carbocycles. The number of rotatable bonds is 2. The van der Waals surface area contributed by atoms with E-state index >= 15 is 0 Å². The van der Waals surface area contributed by atoms with Gasteiger partial charge in [-0.25, -0.2) is 0 Å². The van der Waals surface area contributed by atoms with Gasteiger partial charge in [0, 0.05) is 12.5 Å². The minimum atomic E-state index is -0.0402. The highest BCUT2D eigenvalue weighted by atomic mass is 79.9. The summed E-state index contributed by atoms with van der Waals surface area (Å²) in [7, 11) is 0. The molecule has 1 fully saturated rings. The van der Waals surface area contributed by atoms with Crippen LogP contribution in [0.4, 0.5) is 0 Å². The summed E-state index contributed by atoms with van der Waals surface area (Å²) in [6, 6.07) is 3.75. The van der Waals surface area contributed by atoms with Gasteiger partial charge in [-0.3, -0.25) is 0 Å². The van der Waals surface area contributed by atoms with Crippen molar-refractivity contribution >= 4 is 15.9 Å². The third-order valence-corrected chi connectivity index (χ3v) is 3.05. The third kappa shape index (κ3) is 2.19. The molecule has 14 heavy (non-hydrogen) atoms. The largest absolute Gasteiger partial charge is 0.453 e. The van der Waals surface area contributed by atoms with Gasteiger partial charge in [0.25, 0.3) is 0 Å². The first-order valence-corrected chi connectivity index (χ1v) is 5.65. The maximum atomic E-state index is 6.09. The smallest absolute Gasteiger partial charge is 0.169 e. The maximum Gasteiger partial charge on any atom is 0.169 e. The van der Waals surface area contributed by atoms with Gasteiger partial charge in [-0.15, -0.1) is 0 Å². The van der Waals surface area contributed by atoms with Crippen LogP contribution in [0, 0.1) is 5.92 Å². The summed E-state index contributed by atoms with van der Waals surface area (Å²) in [6.07, 6.45) is 2.22. The average molecular weight is 260 g/mol. The van der Waals surface area contributed by atoms with Gasteiger partial charge in [-0.05, 0) is 40.9 Å². The highest BCUT2D eigenvalue weighted by Crippen LogP contribution is 2.29. The molecule has 1 aromatic rings. The van der Waals surface area contributed by atoms with E-state index in [1.54, 1.807) is 0 Å². The molecule has 0 saturated carbocycles. The van der Waals surface area contributed by atoms with E-state index in [2.05, 4.69) is 15.9 Å². The second kappa shape index (κ2) is 4.47. The van der Waals surface area contributed by atoms with Crippen molar-refractivity contribution in [3.8, 4) is 0 Å². The van der Waals surface area contributed by atoms with Gasteiger partial charge in [-0.1, -0.05) is 0 Å². The van der Waals surface area contributed by atoms with Gasteiger partial charge in [-0.2, -0.15) is 0 Å². The lowest BCUT2D eigenvalue weighted by Gasteiger charge is -2.26. The summed E-state index contributed by atoms with van der Waals surface area (Å²) in [5.74, 6) is 1.23. The van der Waals surface area contributed by atoms with Crippen molar-refractivity contribution in [2.45, 2.75) is 18.9 Å². The van der Waals surface area contributed by atoms with Gasteiger partial charge in [0.15, 0.2) is 4.67 Å². The van der Waals surface area contributed by atoms with Crippen LogP contribution in [0.3, 0.4) is 0 Å². The van der Waals surface area contributed by atoms with Crippen LogP contribution in [0.25, 0.3) is 0 Å². The Morgan fingerprint density at radius 1 is 1.50 bits per heavy atom. The second-order valence-electron chi connectivity index (χ2n) is 3.64. The third-order valence-electron chi connectivity index (χ3n) is 2.63. The number of nitrogens with two attached hydrogens (primary N) is 1. The minimum absolute atomic E-state index is 0.0402. The van der Waals surface area contributed by atoms with Crippen LogP contribution in [0.5, 0.6) is 0 Å². The SMILES string of the molecule is NC(c1ccc(Br)o1)C1CCCOC1. The topological polar surface area (TPSA) is 48.4 Å². The Labute approximate surface area is 91.7 Å². The zero-order valence-electron chi connectivity index (χ0n) is 7.91. The zero-order valence-corrected chi connectivity index (χ0v) is 9.50. The molecular weight excluding hydrogens is 246 g/mol. The first-order valence-electron chi connectivity index (χ1n) is 4.86. The lowest BCUT2D eigenvalue weighted by atomic mass is 9.93. The summed E-state index contributed by atoms with van der Waals surface area (Å²) in [4.78, 5) is 0. The van der Waals surface area contributed by atoms with Crippen LogP contribution >= 0.6 is 15.9 Å². The van der Waals surface area contributed by atoms with E-state index in [1.807, 2.05) is 12.1 Å². The maximum absolute atomic E-state index is 6.09. The number of halogens is 1. The van der Waals surface area contributed by atoms with E-state index in [0.29, 0.717) is 5.92 Å². The van der Waals surface area contributed by atoms with Crippen LogP contribution in [0.2, 0.25) is 0 Å². The highest BCUT2D eigenvalue weighted by molar-refractivity contribution is 9.10. The predicted octanol–water partition coefficient (Wildman–Crippen LogP) is 2.47. The van der Waals surface area contributed by atoms with E-state index in [4.69, 9.17) is 14.9 Å². The Bertz CT molecular complexity index is 294. The quantitative estimate of drug-likeness (QED) is 0.888. The summed E-state index contributed by atoms with van der Waals surface area (Å²) in [5.41, 5.74) is 6.09. The Morgan fingerprint density at radius 3 is 2.93 bits per heavy atom. The average Bonchev–Trinajstić information content (AvgIpc) is 2.65. The second-order valence-corrected chi connectivity index (χ2v) is 4.43. The Kier molecular flexibility index (Phi) is 3.26. The normalized spacial score (nSPS) is 24.9. The number of furan rings is 1. The summed E-state index contributed by atoms with van der Waals surface area (Å²) in [6.45, 7) is 1.62. The molecule has 1 saturated heterocycles. The molecule has 4 heteroatoms. The van der Waals surface area contributed by atoms with E-state index in [-0.39, 0.29) is 6.04 Å². The zero-order chi connectivity index (χ0) is 9.97. The first kappa shape index (κ1) is 10.2. The van der Waals surface area contributed by atoms with Gasteiger partial charge in [0.05, 0.1) is 12.6 Å². The van der Waals surface area contributed by atoms with E-state index in [9.17, 15) is 0 Å². The molecule has 2 rings (SSSR count). The monoisotopic (exact) mass is 259 g/mol.